The van der Waals surface area contributed by atoms with Crippen molar-refractivity contribution in [1.82, 2.24) is 4.90 Å². The molecule has 1 aromatic rings. The molecule has 2 unspecified atom stereocenters. The molecule has 3 aliphatic heterocycles. The summed E-state index contributed by atoms with van der Waals surface area (Å²) in [6.45, 7) is -0.226. The average Bonchev–Trinajstić information content (AvgIpc) is 3.27. The molecular weight excluding hydrogens is 282 g/mol. The first kappa shape index (κ1) is 14.2. The number of carbonyl (C=O) groups excluding carboxylic acids is 1. The molecule has 0 saturated carbocycles. The van der Waals surface area contributed by atoms with E-state index in [1.807, 2.05) is 30.3 Å². The summed E-state index contributed by atoms with van der Waals surface area (Å²) in [5, 5.41) is 9.56. The Morgan fingerprint density at radius 1 is 1.32 bits per heavy atom. The average molecular weight is 303 g/mol. The molecular formula is C17H21NO4. The van der Waals surface area contributed by atoms with Crippen LogP contribution in [-0.2, 0) is 14.3 Å². The fourth-order valence-electron chi connectivity index (χ4n) is 4.04. The molecule has 1 aromatic carbocycles. The number of morpholine rings is 1. The summed E-state index contributed by atoms with van der Waals surface area (Å²) >= 11 is 0. The molecule has 6 atom stereocenters. The van der Waals surface area contributed by atoms with Gasteiger partial charge in [-0.2, -0.15) is 0 Å². The summed E-state index contributed by atoms with van der Waals surface area (Å²) in [5.74, 6) is -0.915. The van der Waals surface area contributed by atoms with E-state index in [4.69, 9.17) is 9.47 Å². The van der Waals surface area contributed by atoms with Crippen LogP contribution in [0.5, 0.6) is 0 Å². The maximum Gasteiger partial charge on any atom is 0.316 e. The fraction of sp³-hybridized carbons (Fsp3) is 0.588. The fourth-order valence-corrected chi connectivity index (χ4v) is 4.04. The number of likely N-dealkylation sites (N-methyl/N-ethyl adjacent to an activating group) is 1. The largest absolute Gasteiger partial charge is 0.462 e. The number of esters is 1. The van der Waals surface area contributed by atoms with Crippen molar-refractivity contribution in [2.24, 2.45) is 0 Å². The van der Waals surface area contributed by atoms with Crippen LogP contribution in [0, 0.1) is 0 Å². The Balaban J connectivity index is 1.42. The van der Waals surface area contributed by atoms with Crippen molar-refractivity contribution in [3.8, 4) is 0 Å². The van der Waals surface area contributed by atoms with Gasteiger partial charge in [0.15, 0.2) is 0 Å². The van der Waals surface area contributed by atoms with E-state index in [0.29, 0.717) is 24.3 Å². The number of fused-ring (bicyclic) bond motifs is 5. The highest BCUT2D eigenvalue weighted by Gasteiger charge is 2.62. The van der Waals surface area contributed by atoms with Gasteiger partial charge in [-0.3, -0.25) is 9.69 Å². The molecule has 3 heterocycles. The number of aliphatic hydroxyl groups is 1. The Morgan fingerprint density at radius 2 is 1.95 bits per heavy atom. The maximum atomic E-state index is 12.4. The number of carbonyl (C=O) groups is 1. The van der Waals surface area contributed by atoms with Crippen molar-refractivity contribution in [2.45, 2.75) is 49.2 Å². The highest BCUT2D eigenvalue weighted by Crippen LogP contribution is 2.48. The molecule has 5 nitrogen and oxygen atoms in total. The maximum absolute atomic E-state index is 12.4. The molecule has 0 spiro atoms. The molecule has 0 radical (unpaired) electrons. The van der Waals surface area contributed by atoms with Gasteiger partial charge in [0.05, 0.1) is 6.61 Å². The minimum Gasteiger partial charge on any atom is -0.462 e. The minimum atomic E-state index is -0.593. The lowest BCUT2D eigenvalue weighted by Gasteiger charge is -2.38. The van der Waals surface area contributed by atoms with Gasteiger partial charge in [-0.05, 0) is 12.6 Å². The summed E-state index contributed by atoms with van der Waals surface area (Å²) in [6, 6.07) is 10.1. The lowest BCUT2D eigenvalue weighted by Crippen LogP contribution is -2.48. The molecule has 0 aromatic heterocycles. The van der Waals surface area contributed by atoms with Gasteiger partial charge >= 0.3 is 5.97 Å². The standard InChI is InChI=1S/C17H21NO4/c1-18-13-7-11(8-14(18)16-15(13)22-16)21-17(20)12(9-19)10-5-3-2-4-6-10/h2-6,11-16,19H,7-9H2,1H3/t11?,12-,13-,14+,15?,16+/m0/s1. The highest BCUT2D eigenvalue weighted by molar-refractivity contribution is 5.78. The van der Waals surface area contributed by atoms with Crippen LogP contribution in [-0.4, -0.2) is 60.0 Å². The van der Waals surface area contributed by atoms with E-state index in [2.05, 4.69) is 11.9 Å². The predicted octanol–water partition coefficient (Wildman–Crippen LogP) is 0.918. The van der Waals surface area contributed by atoms with Crippen molar-refractivity contribution in [1.29, 1.82) is 0 Å². The zero-order valence-electron chi connectivity index (χ0n) is 12.6. The Kier molecular flexibility index (Phi) is 3.44. The van der Waals surface area contributed by atoms with Crippen molar-refractivity contribution in [3.05, 3.63) is 35.9 Å². The van der Waals surface area contributed by atoms with E-state index in [1.54, 1.807) is 0 Å². The SMILES string of the molecule is CN1[C@@H]2CC(OC(=O)[C@@H](CO)c3ccccc3)C[C@H]1C1O[C@@H]12. The number of rotatable bonds is 4. The second kappa shape index (κ2) is 5.33. The first-order valence-electron chi connectivity index (χ1n) is 7.92. The van der Waals surface area contributed by atoms with Crippen LogP contribution in [0.4, 0.5) is 0 Å². The highest BCUT2D eigenvalue weighted by atomic mass is 16.6. The van der Waals surface area contributed by atoms with Crippen LogP contribution in [0.3, 0.4) is 0 Å². The van der Waals surface area contributed by atoms with E-state index >= 15 is 0 Å². The van der Waals surface area contributed by atoms with Crippen molar-refractivity contribution >= 4 is 5.97 Å². The Hall–Kier alpha value is -1.43. The first-order chi connectivity index (χ1) is 10.7. The zero-order valence-corrected chi connectivity index (χ0v) is 12.6. The van der Waals surface area contributed by atoms with Gasteiger partial charge in [0, 0.05) is 24.9 Å². The minimum absolute atomic E-state index is 0.0622. The van der Waals surface area contributed by atoms with Crippen molar-refractivity contribution in [2.75, 3.05) is 13.7 Å². The molecule has 4 rings (SSSR count). The molecule has 0 amide bonds. The number of aliphatic hydroxyl groups excluding tert-OH is 1. The number of nitrogens with zero attached hydrogens (tertiary/aromatic N) is 1. The topological polar surface area (TPSA) is 62.3 Å². The molecule has 2 bridgehead atoms. The summed E-state index contributed by atoms with van der Waals surface area (Å²) in [5.41, 5.74) is 0.803. The lowest BCUT2D eigenvalue weighted by molar-refractivity contribution is -0.156. The normalized spacial score (nSPS) is 37.5. The van der Waals surface area contributed by atoms with Crippen LogP contribution in [0.15, 0.2) is 30.3 Å². The lowest BCUT2D eigenvalue weighted by atomic mass is 9.97. The quantitative estimate of drug-likeness (QED) is 0.662. The summed E-state index contributed by atoms with van der Waals surface area (Å²) < 4.78 is 11.4. The van der Waals surface area contributed by atoms with E-state index in [9.17, 15) is 9.90 Å². The molecule has 118 valence electrons. The number of hydrogen-bond acceptors (Lipinski definition) is 5. The third kappa shape index (κ3) is 2.24. The van der Waals surface area contributed by atoms with Gasteiger partial charge in [-0.15, -0.1) is 0 Å². The van der Waals surface area contributed by atoms with Crippen LogP contribution in [0.25, 0.3) is 0 Å². The predicted molar refractivity (Wildman–Crippen MR) is 79.4 cm³/mol. The molecule has 0 aliphatic carbocycles. The monoisotopic (exact) mass is 303 g/mol. The van der Waals surface area contributed by atoms with Crippen LogP contribution < -0.4 is 0 Å². The van der Waals surface area contributed by atoms with Crippen LogP contribution in [0.2, 0.25) is 0 Å². The van der Waals surface area contributed by atoms with Gasteiger partial charge in [0.25, 0.3) is 0 Å². The van der Waals surface area contributed by atoms with E-state index in [-0.39, 0.29) is 18.7 Å². The molecule has 22 heavy (non-hydrogen) atoms. The second-order valence-electron chi connectivity index (χ2n) is 6.54. The third-order valence-electron chi connectivity index (χ3n) is 5.33. The number of ether oxygens (including phenoxy) is 2. The first-order valence-corrected chi connectivity index (χ1v) is 7.92. The number of epoxide rings is 1. The van der Waals surface area contributed by atoms with Gasteiger partial charge in [-0.25, -0.2) is 0 Å². The molecule has 5 heteroatoms. The van der Waals surface area contributed by atoms with Crippen LogP contribution >= 0.6 is 0 Å². The molecule has 3 fully saturated rings. The smallest absolute Gasteiger partial charge is 0.316 e. The molecule has 3 saturated heterocycles. The van der Waals surface area contributed by atoms with E-state index in [0.717, 1.165) is 18.4 Å². The van der Waals surface area contributed by atoms with Crippen molar-refractivity contribution in [3.63, 3.8) is 0 Å². The van der Waals surface area contributed by atoms with Crippen molar-refractivity contribution < 1.29 is 19.4 Å². The number of hydrogen-bond donors (Lipinski definition) is 1. The number of piperidine rings is 1. The molecule has 3 aliphatic rings. The summed E-state index contributed by atoms with van der Waals surface area (Å²) in [7, 11) is 2.13. The summed E-state index contributed by atoms with van der Waals surface area (Å²) in [4.78, 5) is 14.8. The Morgan fingerprint density at radius 3 is 2.55 bits per heavy atom. The van der Waals surface area contributed by atoms with Crippen LogP contribution in [0.1, 0.15) is 24.3 Å². The second-order valence-corrected chi connectivity index (χ2v) is 6.54. The van der Waals surface area contributed by atoms with E-state index in [1.165, 1.54) is 0 Å². The Labute approximate surface area is 129 Å². The van der Waals surface area contributed by atoms with E-state index < -0.39 is 5.92 Å². The van der Waals surface area contributed by atoms with Gasteiger partial charge in [-0.1, -0.05) is 30.3 Å². The van der Waals surface area contributed by atoms with Gasteiger partial charge in [0.1, 0.15) is 24.2 Å². The Bertz CT molecular complexity index is 545. The molecule has 1 N–H and O–H groups in total. The van der Waals surface area contributed by atoms with Gasteiger partial charge in [0.2, 0.25) is 0 Å². The number of benzene rings is 1. The third-order valence-corrected chi connectivity index (χ3v) is 5.33. The summed E-state index contributed by atoms with van der Waals surface area (Å²) in [6.07, 6.45) is 2.26. The zero-order chi connectivity index (χ0) is 15.3. The van der Waals surface area contributed by atoms with Gasteiger partial charge < -0.3 is 14.6 Å².